The molecule has 19 heavy (non-hydrogen) atoms. The fourth-order valence-corrected chi connectivity index (χ4v) is 3.40. The summed E-state index contributed by atoms with van der Waals surface area (Å²) >= 11 is 0. The van der Waals surface area contributed by atoms with Gasteiger partial charge in [-0.05, 0) is 5.56 Å². The summed E-state index contributed by atoms with van der Waals surface area (Å²) in [7, 11) is 0. The number of piperidine rings is 1. The summed E-state index contributed by atoms with van der Waals surface area (Å²) < 4.78 is 11.2. The summed E-state index contributed by atoms with van der Waals surface area (Å²) in [6, 6.07) is 10.5. The predicted molar refractivity (Wildman–Crippen MR) is 68.6 cm³/mol. The summed E-state index contributed by atoms with van der Waals surface area (Å²) in [4.78, 5) is 11.9. The van der Waals surface area contributed by atoms with Gasteiger partial charge in [0, 0.05) is 24.9 Å². The summed E-state index contributed by atoms with van der Waals surface area (Å²) in [5.74, 6) is -0.118. The van der Waals surface area contributed by atoms with Gasteiger partial charge in [0.05, 0.1) is 6.42 Å². The fraction of sp³-hybridized carbons (Fsp3) is 0.533. The zero-order chi connectivity index (χ0) is 12.8. The first-order chi connectivity index (χ1) is 9.29. The van der Waals surface area contributed by atoms with Crippen LogP contribution >= 0.6 is 0 Å². The number of nitrogens with one attached hydrogen (secondary N) is 1. The highest BCUT2D eigenvalue weighted by molar-refractivity contribution is 5.72. The molecule has 100 valence electrons. The van der Waals surface area contributed by atoms with Gasteiger partial charge < -0.3 is 14.8 Å². The first kappa shape index (κ1) is 11.4. The zero-order valence-electron chi connectivity index (χ0n) is 10.6. The van der Waals surface area contributed by atoms with E-state index in [1.54, 1.807) is 0 Å². The SMILES string of the molecule is O=C(Cc1ccccc1)OC1CC2NC(C1)[C@@H]1O[C@H]21. The standard InChI is InChI=1S/C15H17NO3/c17-13(6-9-4-2-1-3-5-9)18-10-7-11-14-15(19-14)12(8-10)16-11/h1-5,10-12,14-16H,6-8H2/t10?,11?,12?,14-,15+. The van der Waals surface area contributed by atoms with Crippen molar-refractivity contribution in [2.75, 3.05) is 0 Å². The van der Waals surface area contributed by atoms with E-state index in [0.29, 0.717) is 30.7 Å². The Morgan fingerprint density at radius 1 is 1.21 bits per heavy atom. The fourth-order valence-electron chi connectivity index (χ4n) is 3.40. The molecular formula is C15H17NO3. The second-order valence-electron chi connectivity index (χ2n) is 5.69. The van der Waals surface area contributed by atoms with Crippen LogP contribution in [0.3, 0.4) is 0 Å². The lowest BCUT2D eigenvalue weighted by Crippen LogP contribution is -2.46. The second-order valence-corrected chi connectivity index (χ2v) is 5.69. The smallest absolute Gasteiger partial charge is 0.310 e. The second kappa shape index (κ2) is 4.32. The van der Waals surface area contributed by atoms with Crippen LogP contribution < -0.4 is 5.32 Å². The van der Waals surface area contributed by atoms with E-state index in [2.05, 4.69) is 5.32 Å². The van der Waals surface area contributed by atoms with E-state index in [1.165, 1.54) is 0 Å². The highest BCUT2D eigenvalue weighted by Crippen LogP contribution is 2.42. The molecule has 0 amide bonds. The average Bonchev–Trinajstić information content (AvgIpc) is 3.15. The molecule has 3 aliphatic heterocycles. The lowest BCUT2D eigenvalue weighted by atomic mass is 10.0. The molecule has 0 radical (unpaired) electrons. The van der Waals surface area contributed by atoms with E-state index in [0.717, 1.165) is 18.4 Å². The van der Waals surface area contributed by atoms with Crippen molar-refractivity contribution in [2.24, 2.45) is 0 Å². The van der Waals surface area contributed by atoms with Crippen molar-refractivity contribution in [2.45, 2.75) is 49.7 Å². The quantitative estimate of drug-likeness (QED) is 0.651. The van der Waals surface area contributed by atoms with E-state index >= 15 is 0 Å². The van der Waals surface area contributed by atoms with Gasteiger partial charge in [0.25, 0.3) is 0 Å². The molecule has 1 N–H and O–H groups in total. The van der Waals surface area contributed by atoms with Gasteiger partial charge in [-0.3, -0.25) is 4.79 Å². The lowest BCUT2D eigenvalue weighted by molar-refractivity contribution is -0.150. The van der Waals surface area contributed by atoms with Crippen molar-refractivity contribution in [1.29, 1.82) is 0 Å². The molecular weight excluding hydrogens is 242 g/mol. The van der Waals surface area contributed by atoms with Gasteiger partial charge in [0.2, 0.25) is 0 Å². The maximum absolute atomic E-state index is 11.9. The number of morpholine rings is 1. The van der Waals surface area contributed by atoms with Crippen molar-refractivity contribution >= 4 is 5.97 Å². The Morgan fingerprint density at radius 3 is 2.58 bits per heavy atom. The van der Waals surface area contributed by atoms with E-state index in [9.17, 15) is 4.79 Å². The number of hydrogen-bond acceptors (Lipinski definition) is 4. The Balaban J connectivity index is 1.34. The Kier molecular flexibility index (Phi) is 2.60. The molecule has 1 aromatic carbocycles. The molecule has 4 nitrogen and oxygen atoms in total. The van der Waals surface area contributed by atoms with Crippen molar-refractivity contribution in [3.8, 4) is 0 Å². The number of benzene rings is 1. The highest BCUT2D eigenvalue weighted by atomic mass is 16.6. The minimum atomic E-state index is -0.118. The molecule has 0 spiro atoms. The largest absolute Gasteiger partial charge is 0.462 e. The molecule has 0 aromatic heterocycles. The monoisotopic (exact) mass is 259 g/mol. The van der Waals surface area contributed by atoms with Crippen LogP contribution in [0.4, 0.5) is 0 Å². The van der Waals surface area contributed by atoms with Crippen LogP contribution in [-0.2, 0) is 20.7 Å². The van der Waals surface area contributed by atoms with Crippen LogP contribution in [0.25, 0.3) is 0 Å². The van der Waals surface area contributed by atoms with Crippen molar-refractivity contribution in [3.63, 3.8) is 0 Å². The predicted octanol–water partition coefficient (Wildman–Crippen LogP) is 1.04. The van der Waals surface area contributed by atoms with Gasteiger partial charge in [-0.1, -0.05) is 30.3 Å². The first-order valence-corrected chi connectivity index (χ1v) is 6.94. The average molecular weight is 259 g/mol. The zero-order valence-corrected chi connectivity index (χ0v) is 10.6. The van der Waals surface area contributed by atoms with Crippen LogP contribution in [0.15, 0.2) is 30.3 Å². The van der Waals surface area contributed by atoms with Gasteiger partial charge in [-0.2, -0.15) is 0 Å². The molecule has 4 rings (SSSR count). The van der Waals surface area contributed by atoms with Gasteiger partial charge in [-0.25, -0.2) is 0 Å². The third kappa shape index (κ3) is 2.15. The lowest BCUT2D eigenvalue weighted by Gasteiger charge is -2.30. The van der Waals surface area contributed by atoms with E-state index in [4.69, 9.17) is 9.47 Å². The minimum Gasteiger partial charge on any atom is -0.462 e. The Bertz CT molecular complexity index is 473. The number of esters is 1. The Hall–Kier alpha value is -1.39. The van der Waals surface area contributed by atoms with E-state index in [1.807, 2.05) is 30.3 Å². The number of epoxide rings is 1. The van der Waals surface area contributed by atoms with Crippen LogP contribution in [0, 0.1) is 0 Å². The molecule has 5 atom stereocenters. The van der Waals surface area contributed by atoms with E-state index in [-0.39, 0.29) is 12.1 Å². The van der Waals surface area contributed by atoms with Crippen LogP contribution in [-0.4, -0.2) is 36.4 Å². The molecule has 4 heteroatoms. The maximum Gasteiger partial charge on any atom is 0.310 e. The Morgan fingerprint density at radius 2 is 1.89 bits per heavy atom. The topological polar surface area (TPSA) is 50.9 Å². The third-order valence-electron chi connectivity index (χ3n) is 4.31. The molecule has 0 saturated carbocycles. The van der Waals surface area contributed by atoms with Gasteiger partial charge >= 0.3 is 5.97 Å². The van der Waals surface area contributed by atoms with Crippen LogP contribution in [0.1, 0.15) is 18.4 Å². The molecule has 3 saturated heterocycles. The summed E-state index contributed by atoms with van der Waals surface area (Å²) in [5.41, 5.74) is 1.01. The van der Waals surface area contributed by atoms with Crippen LogP contribution in [0.2, 0.25) is 0 Å². The Labute approximate surface area is 112 Å². The molecule has 3 heterocycles. The number of ether oxygens (including phenoxy) is 2. The van der Waals surface area contributed by atoms with E-state index < -0.39 is 0 Å². The van der Waals surface area contributed by atoms with Crippen molar-refractivity contribution < 1.29 is 14.3 Å². The number of hydrogen-bond donors (Lipinski definition) is 1. The minimum absolute atomic E-state index is 0.0591. The summed E-state index contributed by atoms with van der Waals surface area (Å²) in [6.07, 6.45) is 2.95. The molecule has 3 unspecified atom stereocenters. The molecule has 1 aromatic rings. The first-order valence-electron chi connectivity index (χ1n) is 6.94. The number of carbonyl (C=O) groups excluding carboxylic acids is 1. The molecule has 3 fully saturated rings. The summed E-state index contributed by atoms with van der Waals surface area (Å²) in [5, 5.41) is 3.53. The van der Waals surface area contributed by atoms with Gasteiger partial charge in [-0.15, -0.1) is 0 Å². The van der Waals surface area contributed by atoms with Gasteiger partial charge in [0.15, 0.2) is 0 Å². The van der Waals surface area contributed by atoms with Crippen molar-refractivity contribution in [3.05, 3.63) is 35.9 Å². The normalized spacial score (nSPS) is 38.6. The maximum atomic E-state index is 11.9. The molecule has 3 aliphatic rings. The summed E-state index contributed by atoms with van der Waals surface area (Å²) in [6.45, 7) is 0. The number of carbonyl (C=O) groups is 1. The highest BCUT2D eigenvalue weighted by Gasteiger charge is 2.59. The third-order valence-corrected chi connectivity index (χ3v) is 4.31. The van der Waals surface area contributed by atoms with Crippen LogP contribution in [0.5, 0.6) is 0 Å². The molecule has 2 bridgehead atoms. The molecule has 0 aliphatic carbocycles. The van der Waals surface area contributed by atoms with Gasteiger partial charge in [0.1, 0.15) is 18.3 Å². The number of fused-ring (bicyclic) bond motifs is 5. The van der Waals surface area contributed by atoms with Crippen molar-refractivity contribution in [1.82, 2.24) is 5.32 Å². The number of rotatable bonds is 3.